The van der Waals surface area contributed by atoms with E-state index >= 15 is 0 Å². The summed E-state index contributed by atoms with van der Waals surface area (Å²) in [5.41, 5.74) is 6.10. The van der Waals surface area contributed by atoms with Gasteiger partial charge in [0.15, 0.2) is 9.84 Å². The van der Waals surface area contributed by atoms with Crippen LogP contribution in [-0.4, -0.2) is 38.2 Å². The molecule has 122 valence electrons. The molecule has 5 heteroatoms. The molecule has 0 bridgehead atoms. The van der Waals surface area contributed by atoms with Crippen molar-refractivity contribution in [3.8, 4) is 0 Å². The molecular weight excluding hydrogens is 286 g/mol. The second-order valence-electron chi connectivity index (χ2n) is 7.42. The highest BCUT2D eigenvalue weighted by Crippen LogP contribution is 2.44. The van der Waals surface area contributed by atoms with Gasteiger partial charge < -0.3 is 10.5 Å². The zero-order valence-corrected chi connectivity index (χ0v) is 13.7. The molecule has 2 heterocycles. The van der Waals surface area contributed by atoms with Crippen LogP contribution in [0, 0.1) is 11.8 Å². The molecule has 0 aromatic rings. The van der Waals surface area contributed by atoms with E-state index in [1.54, 1.807) is 0 Å². The van der Waals surface area contributed by atoms with Crippen LogP contribution in [0.1, 0.15) is 57.8 Å². The van der Waals surface area contributed by atoms with Gasteiger partial charge >= 0.3 is 0 Å². The molecule has 1 spiro atoms. The fourth-order valence-corrected chi connectivity index (χ4v) is 6.56. The van der Waals surface area contributed by atoms with Crippen LogP contribution < -0.4 is 5.73 Å². The van der Waals surface area contributed by atoms with E-state index in [2.05, 4.69) is 0 Å². The molecule has 3 aliphatic rings. The summed E-state index contributed by atoms with van der Waals surface area (Å²) in [4.78, 5) is 0. The number of hydrogen-bond acceptors (Lipinski definition) is 4. The van der Waals surface area contributed by atoms with Gasteiger partial charge in [-0.3, -0.25) is 0 Å². The standard InChI is InChI=1S/C16H29NO3S/c17-11-14(13-5-9-21(18,19)12-13)10-15-4-8-16(20-15)6-2-1-3-7-16/h13-15H,1-12,17H2. The van der Waals surface area contributed by atoms with Gasteiger partial charge in [0.2, 0.25) is 0 Å². The van der Waals surface area contributed by atoms with E-state index in [4.69, 9.17) is 10.5 Å². The summed E-state index contributed by atoms with van der Waals surface area (Å²) in [7, 11) is -2.81. The van der Waals surface area contributed by atoms with Crippen molar-refractivity contribution in [2.45, 2.75) is 69.5 Å². The van der Waals surface area contributed by atoms with Crippen LogP contribution in [0.25, 0.3) is 0 Å². The first-order chi connectivity index (χ1) is 10.0. The Morgan fingerprint density at radius 2 is 1.90 bits per heavy atom. The monoisotopic (exact) mass is 315 g/mol. The summed E-state index contributed by atoms with van der Waals surface area (Å²) >= 11 is 0. The summed E-state index contributed by atoms with van der Waals surface area (Å²) in [6.45, 7) is 0.590. The van der Waals surface area contributed by atoms with Crippen molar-refractivity contribution >= 4 is 9.84 Å². The fraction of sp³-hybridized carbons (Fsp3) is 1.00. The van der Waals surface area contributed by atoms with Gasteiger partial charge in [0.1, 0.15) is 0 Å². The van der Waals surface area contributed by atoms with E-state index in [0.717, 1.165) is 19.3 Å². The summed E-state index contributed by atoms with van der Waals surface area (Å²) < 4.78 is 29.8. The second-order valence-corrected chi connectivity index (χ2v) is 9.65. The van der Waals surface area contributed by atoms with Crippen molar-refractivity contribution < 1.29 is 13.2 Å². The van der Waals surface area contributed by atoms with Gasteiger partial charge in [-0.05, 0) is 56.9 Å². The molecule has 0 amide bonds. The molecule has 2 aliphatic heterocycles. The number of ether oxygens (including phenoxy) is 1. The minimum atomic E-state index is -2.81. The first-order valence-corrected chi connectivity index (χ1v) is 10.4. The van der Waals surface area contributed by atoms with Gasteiger partial charge in [0, 0.05) is 0 Å². The van der Waals surface area contributed by atoms with Gasteiger partial charge in [-0.25, -0.2) is 8.42 Å². The molecule has 3 unspecified atom stereocenters. The van der Waals surface area contributed by atoms with Crippen molar-refractivity contribution in [3.63, 3.8) is 0 Å². The lowest BCUT2D eigenvalue weighted by molar-refractivity contribution is -0.0712. The third kappa shape index (κ3) is 3.62. The molecule has 0 radical (unpaired) electrons. The first kappa shape index (κ1) is 15.8. The lowest BCUT2D eigenvalue weighted by Crippen LogP contribution is -2.33. The number of nitrogens with two attached hydrogens (primary N) is 1. The van der Waals surface area contributed by atoms with Crippen LogP contribution in [0.4, 0.5) is 0 Å². The van der Waals surface area contributed by atoms with Crippen molar-refractivity contribution in [1.82, 2.24) is 0 Å². The van der Waals surface area contributed by atoms with Crippen LogP contribution in [0.15, 0.2) is 0 Å². The molecule has 0 aromatic carbocycles. The number of hydrogen-bond donors (Lipinski definition) is 1. The van der Waals surface area contributed by atoms with Gasteiger partial charge in [-0.15, -0.1) is 0 Å². The Labute approximate surface area is 128 Å². The smallest absolute Gasteiger partial charge is 0.150 e. The molecule has 21 heavy (non-hydrogen) atoms. The molecule has 3 atom stereocenters. The first-order valence-electron chi connectivity index (χ1n) is 8.60. The number of rotatable bonds is 4. The van der Waals surface area contributed by atoms with Gasteiger partial charge in [0.25, 0.3) is 0 Å². The third-order valence-corrected chi connectivity index (χ3v) is 7.70. The Balaban J connectivity index is 1.56. The van der Waals surface area contributed by atoms with Crippen LogP contribution in [0.5, 0.6) is 0 Å². The second kappa shape index (κ2) is 6.17. The van der Waals surface area contributed by atoms with Crippen LogP contribution in [-0.2, 0) is 14.6 Å². The van der Waals surface area contributed by atoms with Crippen molar-refractivity contribution in [3.05, 3.63) is 0 Å². The summed E-state index contributed by atoms with van der Waals surface area (Å²) in [5, 5.41) is 0. The maximum Gasteiger partial charge on any atom is 0.150 e. The third-order valence-electron chi connectivity index (χ3n) is 5.91. The van der Waals surface area contributed by atoms with Crippen LogP contribution in [0.3, 0.4) is 0 Å². The average molecular weight is 315 g/mol. The predicted molar refractivity (Wildman–Crippen MR) is 83.8 cm³/mol. The molecule has 4 nitrogen and oxygen atoms in total. The quantitative estimate of drug-likeness (QED) is 0.864. The highest BCUT2D eigenvalue weighted by molar-refractivity contribution is 7.91. The minimum Gasteiger partial charge on any atom is -0.372 e. The Bertz CT molecular complexity index is 456. The van der Waals surface area contributed by atoms with E-state index in [0.29, 0.717) is 30.1 Å². The van der Waals surface area contributed by atoms with E-state index in [1.807, 2.05) is 0 Å². The predicted octanol–water partition coefficient (Wildman–Crippen LogP) is 2.27. The Hall–Kier alpha value is -0.130. The van der Waals surface area contributed by atoms with Crippen molar-refractivity contribution in [2.24, 2.45) is 17.6 Å². The topological polar surface area (TPSA) is 69.4 Å². The van der Waals surface area contributed by atoms with E-state index in [-0.39, 0.29) is 11.5 Å². The van der Waals surface area contributed by atoms with Gasteiger partial charge in [-0.1, -0.05) is 19.3 Å². The average Bonchev–Trinajstić information content (AvgIpc) is 3.01. The van der Waals surface area contributed by atoms with Crippen molar-refractivity contribution in [1.29, 1.82) is 0 Å². The number of sulfone groups is 1. The molecule has 1 saturated carbocycles. The normalized spacial score (nSPS) is 36.0. The van der Waals surface area contributed by atoms with Gasteiger partial charge in [-0.2, -0.15) is 0 Å². The fourth-order valence-electron chi connectivity index (χ4n) is 4.64. The maximum atomic E-state index is 11.7. The molecule has 0 aromatic heterocycles. The summed E-state index contributed by atoms with van der Waals surface area (Å²) in [6, 6.07) is 0. The zero-order chi connectivity index (χ0) is 14.9. The molecule has 3 fully saturated rings. The van der Waals surface area contributed by atoms with E-state index < -0.39 is 9.84 Å². The lowest BCUT2D eigenvalue weighted by atomic mass is 9.82. The maximum absolute atomic E-state index is 11.7. The highest BCUT2D eigenvalue weighted by Gasteiger charge is 2.42. The highest BCUT2D eigenvalue weighted by atomic mass is 32.2. The molecular formula is C16H29NO3S. The summed E-state index contributed by atoms with van der Waals surface area (Å²) in [5.74, 6) is 1.26. The van der Waals surface area contributed by atoms with Gasteiger partial charge in [0.05, 0.1) is 23.2 Å². The van der Waals surface area contributed by atoms with E-state index in [1.165, 1.54) is 38.5 Å². The van der Waals surface area contributed by atoms with E-state index in [9.17, 15) is 8.42 Å². The Morgan fingerprint density at radius 3 is 2.52 bits per heavy atom. The van der Waals surface area contributed by atoms with Crippen LogP contribution >= 0.6 is 0 Å². The summed E-state index contributed by atoms with van der Waals surface area (Å²) in [6.07, 6.45) is 10.8. The van der Waals surface area contributed by atoms with Crippen molar-refractivity contribution in [2.75, 3.05) is 18.1 Å². The SMILES string of the molecule is NCC(CC1CCC2(CCCCC2)O1)C1CCS(=O)(=O)C1. The Kier molecular flexibility index (Phi) is 4.63. The molecule has 2 saturated heterocycles. The van der Waals surface area contributed by atoms with Crippen LogP contribution in [0.2, 0.25) is 0 Å². The Morgan fingerprint density at radius 1 is 1.14 bits per heavy atom. The lowest BCUT2D eigenvalue weighted by Gasteiger charge is -2.34. The molecule has 2 N–H and O–H groups in total. The minimum absolute atomic E-state index is 0.157. The zero-order valence-electron chi connectivity index (χ0n) is 12.9. The molecule has 3 rings (SSSR count). The largest absolute Gasteiger partial charge is 0.372 e. The molecule has 1 aliphatic carbocycles.